The van der Waals surface area contributed by atoms with Gasteiger partial charge in [-0.3, -0.25) is 0 Å². The monoisotopic (exact) mass is 311 g/mol. The van der Waals surface area contributed by atoms with Gasteiger partial charge in [-0.2, -0.15) is 0 Å². The number of ether oxygens (including phenoxy) is 2. The Hall–Kier alpha value is -2.21. The highest BCUT2D eigenvalue weighted by Crippen LogP contribution is 2.30. The van der Waals surface area contributed by atoms with Crippen molar-refractivity contribution in [2.24, 2.45) is 5.73 Å². The molecule has 2 aromatic rings. The van der Waals surface area contributed by atoms with E-state index in [4.69, 9.17) is 10.5 Å². The van der Waals surface area contributed by atoms with E-state index in [1.807, 2.05) is 25.1 Å². The molecule has 22 heavy (non-hydrogen) atoms. The fraction of sp³-hybridized carbons (Fsp3) is 0.250. The predicted octanol–water partition coefficient (Wildman–Crippen LogP) is 4.03. The fourth-order valence-corrected chi connectivity index (χ4v) is 2.08. The van der Waals surface area contributed by atoms with Gasteiger partial charge in [0, 0.05) is 5.56 Å². The first-order chi connectivity index (χ1) is 10.4. The van der Waals surface area contributed by atoms with Gasteiger partial charge in [-0.25, -0.2) is 0 Å². The third kappa shape index (κ3) is 4.14. The quantitative estimate of drug-likeness (QED) is 0.906. The summed E-state index contributed by atoms with van der Waals surface area (Å²) < 4.78 is 45.8. The molecule has 2 N–H and O–H groups in total. The van der Waals surface area contributed by atoms with Gasteiger partial charge in [-0.15, -0.1) is 13.2 Å². The van der Waals surface area contributed by atoms with Crippen molar-refractivity contribution in [3.8, 4) is 11.5 Å². The maximum absolute atomic E-state index is 12.1. The minimum atomic E-state index is -4.70. The van der Waals surface area contributed by atoms with Gasteiger partial charge in [-0.05, 0) is 30.7 Å². The number of para-hydroxylation sites is 1. The van der Waals surface area contributed by atoms with Crippen LogP contribution in [0.4, 0.5) is 13.2 Å². The molecule has 1 atom stereocenters. The number of alkyl halides is 3. The van der Waals surface area contributed by atoms with Gasteiger partial charge in [0.05, 0.1) is 12.6 Å². The lowest BCUT2D eigenvalue weighted by Gasteiger charge is -2.17. The summed E-state index contributed by atoms with van der Waals surface area (Å²) in [5, 5.41) is 0. The SMILES string of the molecule is CCOc1ccccc1[C@H](N)c1ccc(OC(F)(F)F)cc1. The van der Waals surface area contributed by atoms with E-state index in [0.29, 0.717) is 17.9 Å². The number of rotatable bonds is 5. The van der Waals surface area contributed by atoms with Crippen LogP contribution in [0.25, 0.3) is 0 Å². The van der Waals surface area contributed by atoms with Crippen LogP contribution in [0.1, 0.15) is 24.1 Å². The lowest BCUT2D eigenvalue weighted by Crippen LogP contribution is -2.17. The molecule has 0 aliphatic carbocycles. The van der Waals surface area contributed by atoms with Crippen molar-refractivity contribution < 1.29 is 22.6 Å². The number of hydrogen-bond donors (Lipinski definition) is 1. The van der Waals surface area contributed by atoms with Crippen LogP contribution in [0.3, 0.4) is 0 Å². The zero-order valence-electron chi connectivity index (χ0n) is 11.9. The lowest BCUT2D eigenvalue weighted by atomic mass is 9.99. The zero-order valence-corrected chi connectivity index (χ0v) is 11.9. The summed E-state index contributed by atoms with van der Waals surface area (Å²) >= 11 is 0. The zero-order chi connectivity index (χ0) is 16.2. The average Bonchev–Trinajstić information content (AvgIpc) is 2.47. The minimum absolute atomic E-state index is 0.276. The summed E-state index contributed by atoms with van der Waals surface area (Å²) in [5.41, 5.74) is 7.62. The van der Waals surface area contributed by atoms with E-state index in [-0.39, 0.29) is 5.75 Å². The van der Waals surface area contributed by atoms with Crippen LogP contribution in [0.2, 0.25) is 0 Å². The van der Waals surface area contributed by atoms with Crippen LogP contribution in [0.5, 0.6) is 11.5 Å². The Labute approximate surface area is 126 Å². The molecule has 0 aliphatic rings. The standard InChI is InChI=1S/C16H16F3NO2/c1-2-21-14-6-4-3-5-13(14)15(20)11-7-9-12(10-8-11)22-16(17,18)19/h3-10,15H,2,20H2,1H3/t15-/m1/s1. The molecular formula is C16H16F3NO2. The van der Waals surface area contributed by atoms with Gasteiger partial charge < -0.3 is 15.2 Å². The van der Waals surface area contributed by atoms with Gasteiger partial charge in [0.25, 0.3) is 0 Å². The van der Waals surface area contributed by atoms with Gasteiger partial charge in [0.15, 0.2) is 0 Å². The number of benzene rings is 2. The summed E-state index contributed by atoms with van der Waals surface area (Å²) in [4.78, 5) is 0. The van der Waals surface area contributed by atoms with Crippen molar-refractivity contribution >= 4 is 0 Å². The van der Waals surface area contributed by atoms with E-state index in [1.54, 1.807) is 6.07 Å². The molecule has 0 radical (unpaired) electrons. The molecule has 6 heteroatoms. The largest absolute Gasteiger partial charge is 0.573 e. The summed E-state index contributed by atoms with van der Waals surface area (Å²) in [6.07, 6.45) is -4.70. The molecule has 0 aliphatic heterocycles. The Morgan fingerprint density at radius 2 is 1.68 bits per heavy atom. The lowest BCUT2D eigenvalue weighted by molar-refractivity contribution is -0.274. The molecule has 2 rings (SSSR count). The Morgan fingerprint density at radius 3 is 2.27 bits per heavy atom. The van der Waals surface area contributed by atoms with Crippen LogP contribution in [-0.4, -0.2) is 13.0 Å². The van der Waals surface area contributed by atoms with E-state index >= 15 is 0 Å². The molecule has 0 saturated heterocycles. The van der Waals surface area contributed by atoms with Crippen molar-refractivity contribution in [3.05, 3.63) is 59.7 Å². The van der Waals surface area contributed by atoms with Crippen molar-refractivity contribution in [2.75, 3.05) is 6.61 Å². The van der Waals surface area contributed by atoms with Crippen LogP contribution in [-0.2, 0) is 0 Å². The molecule has 3 nitrogen and oxygen atoms in total. The predicted molar refractivity (Wildman–Crippen MR) is 76.8 cm³/mol. The Morgan fingerprint density at radius 1 is 1.05 bits per heavy atom. The molecule has 0 bridgehead atoms. The first-order valence-electron chi connectivity index (χ1n) is 6.73. The smallest absolute Gasteiger partial charge is 0.494 e. The number of hydrogen-bond acceptors (Lipinski definition) is 3. The summed E-state index contributed by atoms with van der Waals surface area (Å²) in [6.45, 7) is 2.37. The van der Waals surface area contributed by atoms with Gasteiger partial charge in [-0.1, -0.05) is 30.3 Å². The normalized spacial score (nSPS) is 12.8. The third-order valence-electron chi connectivity index (χ3n) is 3.03. The molecule has 0 heterocycles. The Kier molecular flexibility index (Phi) is 4.92. The third-order valence-corrected chi connectivity index (χ3v) is 3.03. The highest BCUT2D eigenvalue weighted by molar-refractivity contribution is 5.42. The molecule has 0 saturated carbocycles. The maximum atomic E-state index is 12.1. The Balaban J connectivity index is 2.21. The minimum Gasteiger partial charge on any atom is -0.494 e. The molecule has 118 valence electrons. The van der Waals surface area contributed by atoms with Gasteiger partial charge >= 0.3 is 6.36 Å². The molecule has 0 amide bonds. The second kappa shape index (κ2) is 6.70. The van der Waals surface area contributed by atoms with E-state index in [1.165, 1.54) is 24.3 Å². The summed E-state index contributed by atoms with van der Waals surface area (Å²) in [7, 11) is 0. The second-order valence-corrected chi connectivity index (χ2v) is 4.57. The van der Waals surface area contributed by atoms with Crippen molar-refractivity contribution in [3.63, 3.8) is 0 Å². The number of nitrogens with two attached hydrogens (primary N) is 1. The molecule has 0 fully saturated rings. The highest BCUT2D eigenvalue weighted by Gasteiger charge is 2.31. The van der Waals surface area contributed by atoms with E-state index in [0.717, 1.165) is 5.56 Å². The summed E-state index contributed by atoms with van der Waals surface area (Å²) in [5.74, 6) is 0.384. The average molecular weight is 311 g/mol. The molecule has 2 aromatic carbocycles. The Bertz CT molecular complexity index is 612. The van der Waals surface area contributed by atoms with Gasteiger partial charge in [0.1, 0.15) is 11.5 Å². The summed E-state index contributed by atoms with van der Waals surface area (Å²) in [6, 6.07) is 12.3. The highest BCUT2D eigenvalue weighted by atomic mass is 19.4. The van der Waals surface area contributed by atoms with Crippen LogP contribution < -0.4 is 15.2 Å². The van der Waals surface area contributed by atoms with Crippen molar-refractivity contribution in [1.29, 1.82) is 0 Å². The van der Waals surface area contributed by atoms with Crippen molar-refractivity contribution in [1.82, 2.24) is 0 Å². The fourth-order valence-electron chi connectivity index (χ4n) is 2.08. The molecule has 0 aromatic heterocycles. The molecule has 0 spiro atoms. The molecular weight excluding hydrogens is 295 g/mol. The van der Waals surface area contributed by atoms with Crippen LogP contribution >= 0.6 is 0 Å². The first kappa shape index (κ1) is 16.2. The van der Waals surface area contributed by atoms with Crippen LogP contribution in [0.15, 0.2) is 48.5 Å². The van der Waals surface area contributed by atoms with E-state index < -0.39 is 12.4 Å². The van der Waals surface area contributed by atoms with Crippen molar-refractivity contribution in [2.45, 2.75) is 19.3 Å². The topological polar surface area (TPSA) is 44.5 Å². The van der Waals surface area contributed by atoms with Gasteiger partial charge in [0.2, 0.25) is 0 Å². The van der Waals surface area contributed by atoms with Crippen LogP contribution in [0, 0.1) is 0 Å². The van der Waals surface area contributed by atoms with E-state index in [2.05, 4.69) is 4.74 Å². The number of halogens is 3. The first-order valence-corrected chi connectivity index (χ1v) is 6.73. The molecule has 0 unspecified atom stereocenters. The second-order valence-electron chi connectivity index (χ2n) is 4.57. The maximum Gasteiger partial charge on any atom is 0.573 e. The van der Waals surface area contributed by atoms with E-state index in [9.17, 15) is 13.2 Å².